The minimum absolute atomic E-state index is 0.127. The molecule has 0 aromatic carbocycles. The van der Waals surface area contributed by atoms with E-state index in [9.17, 15) is 4.79 Å². The van der Waals surface area contributed by atoms with Crippen molar-refractivity contribution < 1.29 is 4.79 Å². The largest absolute Gasteiger partial charge is 0.305 e. The lowest BCUT2D eigenvalue weighted by molar-refractivity contribution is -0.124. The van der Waals surface area contributed by atoms with E-state index in [-0.39, 0.29) is 12.1 Å². The van der Waals surface area contributed by atoms with Crippen molar-refractivity contribution in [3.8, 4) is 0 Å². The number of hydrogen-bond donors (Lipinski definition) is 2. The molecule has 17 heavy (non-hydrogen) atoms. The summed E-state index contributed by atoms with van der Waals surface area (Å²) in [6, 6.07) is 0.398. The Bertz CT molecular complexity index is 352. The number of carbonyl (C=O) groups excluding carboxylic acids is 1. The van der Waals surface area contributed by atoms with Gasteiger partial charge in [-0.25, -0.2) is 0 Å². The summed E-state index contributed by atoms with van der Waals surface area (Å²) >= 11 is 0. The lowest BCUT2D eigenvalue weighted by atomic mass is 9.93. The standard InChI is InChI=1S/C12H20N4O/c1-4-5-16-9(2)6-10(17)7-12(16)11-8-15(3)14-13-11/h4,8-9,12-14H,1,5-7H2,2-3H3/t9-,12-/m0/s1. The van der Waals surface area contributed by atoms with Crippen molar-refractivity contribution in [2.24, 2.45) is 0 Å². The third kappa shape index (κ3) is 2.50. The van der Waals surface area contributed by atoms with Gasteiger partial charge in [0.05, 0.1) is 11.7 Å². The normalized spacial score (nSPS) is 30.1. The molecule has 2 atom stereocenters. The maximum atomic E-state index is 11.7. The summed E-state index contributed by atoms with van der Waals surface area (Å²) in [5, 5.41) is 1.85. The second-order valence-corrected chi connectivity index (χ2v) is 4.73. The van der Waals surface area contributed by atoms with E-state index >= 15 is 0 Å². The number of nitrogens with zero attached hydrogens (tertiary/aromatic N) is 2. The van der Waals surface area contributed by atoms with E-state index in [4.69, 9.17) is 0 Å². The van der Waals surface area contributed by atoms with E-state index in [2.05, 4.69) is 29.4 Å². The van der Waals surface area contributed by atoms with Crippen molar-refractivity contribution in [1.29, 1.82) is 0 Å². The quantitative estimate of drug-likeness (QED) is 0.694. The number of nitrogens with one attached hydrogen (secondary N) is 2. The van der Waals surface area contributed by atoms with Gasteiger partial charge >= 0.3 is 0 Å². The molecule has 0 aliphatic carbocycles. The van der Waals surface area contributed by atoms with E-state index < -0.39 is 0 Å². The summed E-state index contributed by atoms with van der Waals surface area (Å²) < 4.78 is 0. The first-order chi connectivity index (χ1) is 8.11. The highest BCUT2D eigenvalue weighted by molar-refractivity contribution is 5.81. The topological polar surface area (TPSA) is 47.6 Å². The Labute approximate surface area is 102 Å². The number of piperidine rings is 1. The highest BCUT2D eigenvalue weighted by Gasteiger charge is 2.35. The smallest absolute Gasteiger partial charge is 0.136 e. The molecule has 2 aliphatic rings. The van der Waals surface area contributed by atoms with Gasteiger partial charge < -0.3 is 5.43 Å². The van der Waals surface area contributed by atoms with Crippen LogP contribution in [0.4, 0.5) is 0 Å². The van der Waals surface area contributed by atoms with Crippen LogP contribution in [0.5, 0.6) is 0 Å². The molecule has 0 saturated carbocycles. The number of Topliss-reactive ketones (excluding diaryl/α,β-unsaturated/α-hetero) is 1. The van der Waals surface area contributed by atoms with Gasteiger partial charge in [0.25, 0.3) is 0 Å². The van der Waals surface area contributed by atoms with Crippen LogP contribution in [0.1, 0.15) is 19.8 Å². The summed E-state index contributed by atoms with van der Waals surface area (Å²) in [5.41, 5.74) is 7.15. The van der Waals surface area contributed by atoms with Crippen molar-refractivity contribution in [2.45, 2.75) is 31.8 Å². The van der Waals surface area contributed by atoms with Crippen molar-refractivity contribution >= 4 is 5.78 Å². The van der Waals surface area contributed by atoms with Crippen molar-refractivity contribution in [3.05, 3.63) is 24.6 Å². The van der Waals surface area contributed by atoms with Gasteiger partial charge in [0.2, 0.25) is 0 Å². The molecule has 5 nitrogen and oxygen atoms in total. The minimum Gasteiger partial charge on any atom is -0.305 e. The average Bonchev–Trinajstić information content (AvgIpc) is 2.68. The van der Waals surface area contributed by atoms with Gasteiger partial charge in [0.15, 0.2) is 0 Å². The first-order valence-electron chi connectivity index (χ1n) is 5.96. The van der Waals surface area contributed by atoms with E-state index in [0.29, 0.717) is 18.6 Å². The van der Waals surface area contributed by atoms with Crippen LogP contribution < -0.4 is 11.0 Å². The van der Waals surface area contributed by atoms with Gasteiger partial charge in [-0.3, -0.25) is 14.7 Å². The van der Waals surface area contributed by atoms with Crippen molar-refractivity contribution in [3.63, 3.8) is 0 Å². The van der Waals surface area contributed by atoms with E-state index in [1.165, 1.54) is 0 Å². The van der Waals surface area contributed by atoms with Crippen LogP contribution in [0.3, 0.4) is 0 Å². The Kier molecular flexibility index (Phi) is 3.49. The van der Waals surface area contributed by atoms with Gasteiger partial charge in [0.1, 0.15) is 5.78 Å². The van der Waals surface area contributed by atoms with Crippen LogP contribution in [0, 0.1) is 0 Å². The van der Waals surface area contributed by atoms with Crippen molar-refractivity contribution in [1.82, 2.24) is 20.9 Å². The maximum absolute atomic E-state index is 11.7. The molecule has 2 heterocycles. The summed E-state index contributed by atoms with van der Waals surface area (Å²) in [6.07, 6.45) is 5.10. The molecule has 5 heteroatoms. The second-order valence-electron chi connectivity index (χ2n) is 4.73. The zero-order valence-corrected chi connectivity index (χ0v) is 10.4. The zero-order chi connectivity index (χ0) is 12.4. The minimum atomic E-state index is 0.127. The number of carbonyl (C=O) groups is 1. The SMILES string of the molecule is C=CCN1[C@@H](C)CC(=O)C[C@H]1C1=CN(C)NN1. The van der Waals surface area contributed by atoms with Gasteiger partial charge in [-0.1, -0.05) is 6.08 Å². The fourth-order valence-corrected chi connectivity index (χ4v) is 2.51. The maximum Gasteiger partial charge on any atom is 0.136 e. The number of hydrogen-bond acceptors (Lipinski definition) is 5. The first-order valence-corrected chi connectivity index (χ1v) is 5.96. The molecule has 2 rings (SSSR count). The van der Waals surface area contributed by atoms with Crippen LogP contribution in [-0.2, 0) is 4.79 Å². The van der Waals surface area contributed by atoms with Gasteiger partial charge in [-0.15, -0.1) is 12.1 Å². The highest BCUT2D eigenvalue weighted by Crippen LogP contribution is 2.25. The Morgan fingerprint density at radius 3 is 2.94 bits per heavy atom. The number of ketones is 1. The molecule has 0 aromatic heterocycles. The van der Waals surface area contributed by atoms with Gasteiger partial charge in [-0.05, 0) is 6.92 Å². The third-order valence-corrected chi connectivity index (χ3v) is 3.32. The molecule has 0 spiro atoms. The molecular weight excluding hydrogens is 216 g/mol. The predicted octanol–water partition coefficient (Wildman–Crippen LogP) is 0.390. The summed E-state index contributed by atoms with van der Waals surface area (Å²) in [5.74, 6) is 0.333. The molecule has 0 unspecified atom stereocenters. The predicted molar refractivity (Wildman–Crippen MR) is 66.5 cm³/mol. The van der Waals surface area contributed by atoms with Crippen LogP contribution in [0.25, 0.3) is 0 Å². The van der Waals surface area contributed by atoms with Crippen molar-refractivity contribution in [2.75, 3.05) is 13.6 Å². The fraction of sp³-hybridized carbons (Fsp3) is 0.583. The Morgan fingerprint density at radius 2 is 2.35 bits per heavy atom. The summed E-state index contributed by atoms with van der Waals surface area (Å²) in [6.45, 7) is 6.70. The zero-order valence-electron chi connectivity index (χ0n) is 10.4. The monoisotopic (exact) mass is 236 g/mol. The van der Waals surface area contributed by atoms with Crippen LogP contribution in [0.2, 0.25) is 0 Å². The van der Waals surface area contributed by atoms with E-state index in [1.807, 2.05) is 24.3 Å². The van der Waals surface area contributed by atoms with Crippen LogP contribution in [0.15, 0.2) is 24.6 Å². The molecule has 2 aliphatic heterocycles. The molecule has 0 radical (unpaired) electrons. The highest BCUT2D eigenvalue weighted by atomic mass is 16.1. The Balaban J connectivity index is 2.18. The fourth-order valence-electron chi connectivity index (χ4n) is 2.51. The molecule has 1 saturated heterocycles. The lowest BCUT2D eigenvalue weighted by Crippen LogP contribution is -2.51. The van der Waals surface area contributed by atoms with E-state index in [0.717, 1.165) is 12.2 Å². The molecule has 2 N–H and O–H groups in total. The van der Waals surface area contributed by atoms with Gasteiger partial charge in [0, 0.05) is 38.7 Å². The number of likely N-dealkylation sites (tertiary alicyclic amines) is 1. The number of rotatable bonds is 3. The first kappa shape index (κ1) is 12.1. The Hall–Kier alpha value is -1.33. The molecular formula is C12H20N4O. The summed E-state index contributed by atoms with van der Waals surface area (Å²) in [7, 11) is 1.92. The molecule has 94 valence electrons. The average molecular weight is 236 g/mol. The van der Waals surface area contributed by atoms with Crippen LogP contribution >= 0.6 is 0 Å². The number of hydrazine groups is 2. The second kappa shape index (κ2) is 4.89. The molecule has 0 amide bonds. The molecule has 0 bridgehead atoms. The third-order valence-electron chi connectivity index (χ3n) is 3.32. The molecule has 1 fully saturated rings. The summed E-state index contributed by atoms with van der Waals surface area (Å²) in [4.78, 5) is 14.0. The lowest BCUT2D eigenvalue weighted by Gasteiger charge is -2.39. The van der Waals surface area contributed by atoms with Crippen LogP contribution in [-0.4, -0.2) is 41.4 Å². The molecule has 0 aromatic rings. The van der Waals surface area contributed by atoms with E-state index in [1.54, 1.807) is 0 Å². The van der Waals surface area contributed by atoms with Gasteiger partial charge in [-0.2, -0.15) is 0 Å². The Morgan fingerprint density at radius 1 is 1.59 bits per heavy atom.